The molecule has 1 heterocycles. The van der Waals surface area contributed by atoms with Gasteiger partial charge in [0, 0.05) is 51.9 Å². The van der Waals surface area contributed by atoms with Crippen LogP contribution < -0.4 is 0 Å². The van der Waals surface area contributed by atoms with E-state index in [1.54, 1.807) is 9.80 Å². The predicted molar refractivity (Wildman–Crippen MR) is 139 cm³/mol. The third-order valence-corrected chi connectivity index (χ3v) is 6.70. The number of hydrogen-bond donors (Lipinski definition) is 4. The van der Waals surface area contributed by atoms with Crippen molar-refractivity contribution in [3.05, 3.63) is 35.4 Å². The molecule has 1 aliphatic heterocycles. The molecule has 1 aromatic carbocycles. The molecular formula is C26H40N4O8. The number of carboxylic acids is 4. The fraction of sp³-hybridized carbons (Fsp3) is 0.615. The first-order valence-electron chi connectivity index (χ1n) is 12.9. The van der Waals surface area contributed by atoms with E-state index in [0.29, 0.717) is 52.2 Å². The van der Waals surface area contributed by atoms with Gasteiger partial charge in [-0.1, -0.05) is 29.8 Å². The monoisotopic (exact) mass is 536 g/mol. The summed E-state index contributed by atoms with van der Waals surface area (Å²) < 4.78 is 0. The molecule has 1 unspecified atom stereocenters. The van der Waals surface area contributed by atoms with Crippen LogP contribution in [0.25, 0.3) is 0 Å². The van der Waals surface area contributed by atoms with Crippen LogP contribution in [0.15, 0.2) is 24.3 Å². The molecule has 0 aliphatic carbocycles. The molecule has 4 N–H and O–H groups in total. The zero-order chi connectivity index (χ0) is 28.1. The van der Waals surface area contributed by atoms with E-state index in [2.05, 4.69) is 4.90 Å². The fourth-order valence-corrected chi connectivity index (χ4v) is 4.71. The molecule has 0 amide bonds. The van der Waals surface area contributed by atoms with Crippen LogP contribution in [0.3, 0.4) is 0 Å². The van der Waals surface area contributed by atoms with E-state index in [0.717, 1.165) is 24.0 Å². The SMILES string of the molecule is Cc1ccc(CCCC(CN2CCN(CC(=O)O)CCN(CC(=O)O)CC2)N(CC(=O)O)CC(=O)O)cc1. The molecule has 1 aliphatic rings. The molecule has 1 aromatic rings. The van der Waals surface area contributed by atoms with Gasteiger partial charge in [-0.15, -0.1) is 0 Å². The van der Waals surface area contributed by atoms with E-state index >= 15 is 0 Å². The maximum Gasteiger partial charge on any atom is 0.317 e. The molecule has 212 valence electrons. The van der Waals surface area contributed by atoms with Gasteiger partial charge in [-0.3, -0.25) is 38.8 Å². The third-order valence-electron chi connectivity index (χ3n) is 6.70. The molecule has 0 aromatic heterocycles. The third kappa shape index (κ3) is 12.5. The highest BCUT2D eigenvalue weighted by Crippen LogP contribution is 2.15. The van der Waals surface area contributed by atoms with Gasteiger partial charge < -0.3 is 20.4 Å². The number of carbonyl (C=O) groups is 4. The Kier molecular flexibility index (Phi) is 13.1. The highest BCUT2D eigenvalue weighted by molar-refractivity contribution is 5.72. The Labute approximate surface area is 223 Å². The van der Waals surface area contributed by atoms with Crippen LogP contribution in [0, 0.1) is 6.92 Å². The summed E-state index contributed by atoms with van der Waals surface area (Å²) in [6, 6.07) is 7.79. The summed E-state index contributed by atoms with van der Waals surface area (Å²) >= 11 is 0. The van der Waals surface area contributed by atoms with E-state index in [-0.39, 0.29) is 19.1 Å². The summed E-state index contributed by atoms with van der Waals surface area (Å²) in [5.74, 6) is -4.16. The average Bonchev–Trinajstić information content (AvgIpc) is 2.90. The van der Waals surface area contributed by atoms with Crippen molar-refractivity contribution in [3.8, 4) is 0 Å². The first-order valence-corrected chi connectivity index (χ1v) is 12.9. The van der Waals surface area contributed by atoms with Crippen LogP contribution in [-0.4, -0.2) is 142 Å². The van der Waals surface area contributed by atoms with Gasteiger partial charge in [0.15, 0.2) is 0 Å². The van der Waals surface area contributed by atoms with Crippen LogP contribution >= 0.6 is 0 Å². The summed E-state index contributed by atoms with van der Waals surface area (Å²) in [5.41, 5.74) is 2.30. The number of hydrogen-bond acceptors (Lipinski definition) is 8. The standard InChI is InChI=1S/C26H40N4O8/c1-20-5-7-21(8-6-20)3-2-4-22(30(18-25(35)36)19-26(37)38)15-27-9-11-28(16-23(31)32)13-14-29(12-10-27)17-24(33)34/h5-8,22H,2-4,9-19H2,1H3,(H,31,32)(H,33,34)(H,35,36)(H,37,38). The maximum atomic E-state index is 11.6. The smallest absolute Gasteiger partial charge is 0.317 e. The Balaban J connectivity index is 2.19. The minimum Gasteiger partial charge on any atom is -0.480 e. The van der Waals surface area contributed by atoms with Crippen LogP contribution in [0.5, 0.6) is 0 Å². The zero-order valence-electron chi connectivity index (χ0n) is 22.0. The minimum absolute atomic E-state index is 0.168. The number of nitrogens with zero attached hydrogens (tertiary/aromatic N) is 4. The lowest BCUT2D eigenvalue weighted by atomic mass is 10.0. The van der Waals surface area contributed by atoms with Crippen molar-refractivity contribution >= 4 is 23.9 Å². The number of rotatable bonds is 15. The second-order valence-electron chi connectivity index (χ2n) is 9.86. The first kappa shape index (κ1) is 31.2. The van der Waals surface area contributed by atoms with E-state index in [1.165, 1.54) is 4.90 Å². The molecule has 0 saturated carbocycles. The molecule has 2 rings (SSSR count). The summed E-state index contributed by atoms with van der Waals surface area (Å²) in [5, 5.41) is 37.5. The van der Waals surface area contributed by atoms with E-state index in [9.17, 15) is 39.6 Å². The molecule has 1 atom stereocenters. The molecule has 0 radical (unpaired) electrons. The molecule has 0 bridgehead atoms. The van der Waals surface area contributed by atoms with Gasteiger partial charge >= 0.3 is 23.9 Å². The van der Waals surface area contributed by atoms with Gasteiger partial charge in [0.25, 0.3) is 0 Å². The number of carboxylic acid groups (broad SMARTS) is 4. The molecular weight excluding hydrogens is 496 g/mol. The summed E-state index contributed by atoms with van der Waals surface area (Å²) in [7, 11) is 0. The summed E-state index contributed by atoms with van der Waals surface area (Å²) in [4.78, 5) is 52.9. The van der Waals surface area contributed by atoms with Gasteiger partial charge in [-0.05, 0) is 31.7 Å². The van der Waals surface area contributed by atoms with Crippen molar-refractivity contribution in [2.75, 3.05) is 72.0 Å². The van der Waals surface area contributed by atoms with Crippen molar-refractivity contribution in [1.29, 1.82) is 0 Å². The van der Waals surface area contributed by atoms with E-state index < -0.39 is 37.0 Å². The van der Waals surface area contributed by atoms with Crippen molar-refractivity contribution in [2.24, 2.45) is 0 Å². The molecule has 1 saturated heterocycles. The molecule has 38 heavy (non-hydrogen) atoms. The first-order chi connectivity index (χ1) is 18.0. The van der Waals surface area contributed by atoms with Gasteiger partial charge in [0.05, 0.1) is 26.2 Å². The van der Waals surface area contributed by atoms with Gasteiger partial charge in [0.2, 0.25) is 0 Å². The van der Waals surface area contributed by atoms with Gasteiger partial charge in [0.1, 0.15) is 0 Å². The van der Waals surface area contributed by atoms with Crippen molar-refractivity contribution in [2.45, 2.75) is 32.2 Å². The average molecular weight is 537 g/mol. The van der Waals surface area contributed by atoms with Crippen LogP contribution in [0.1, 0.15) is 24.0 Å². The molecule has 1 fully saturated rings. The Morgan fingerprint density at radius 3 is 1.61 bits per heavy atom. The highest BCUT2D eigenvalue weighted by atomic mass is 16.4. The van der Waals surface area contributed by atoms with E-state index in [1.807, 2.05) is 31.2 Å². The van der Waals surface area contributed by atoms with Gasteiger partial charge in [-0.25, -0.2) is 0 Å². The topological polar surface area (TPSA) is 162 Å². The summed E-state index contributed by atoms with van der Waals surface area (Å²) in [6.07, 6.45) is 2.07. The number of aliphatic carboxylic acids is 4. The Bertz CT molecular complexity index is 882. The second kappa shape index (κ2) is 16.0. The lowest BCUT2D eigenvalue weighted by Gasteiger charge is -2.35. The predicted octanol–water partition coefficient (Wildman–Crippen LogP) is 0.246. The van der Waals surface area contributed by atoms with Crippen LogP contribution in [0.4, 0.5) is 0 Å². The Hall–Kier alpha value is -3.06. The summed E-state index contributed by atoms with van der Waals surface area (Å²) in [6.45, 7) is 3.95. The normalized spacial score (nSPS) is 16.9. The zero-order valence-corrected chi connectivity index (χ0v) is 22.0. The fourth-order valence-electron chi connectivity index (χ4n) is 4.71. The molecule has 0 spiro atoms. The highest BCUT2D eigenvalue weighted by Gasteiger charge is 2.27. The number of aryl methyl sites for hydroxylation is 2. The van der Waals surface area contributed by atoms with Gasteiger partial charge in [-0.2, -0.15) is 0 Å². The Morgan fingerprint density at radius 2 is 1.18 bits per heavy atom. The second-order valence-corrected chi connectivity index (χ2v) is 9.86. The van der Waals surface area contributed by atoms with Crippen molar-refractivity contribution < 1.29 is 39.6 Å². The molecule has 12 heteroatoms. The lowest BCUT2D eigenvalue weighted by molar-refractivity contribution is -0.143. The minimum atomic E-state index is -1.11. The Morgan fingerprint density at radius 1 is 0.737 bits per heavy atom. The van der Waals surface area contributed by atoms with Crippen molar-refractivity contribution in [3.63, 3.8) is 0 Å². The van der Waals surface area contributed by atoms with Crippen molar-refractivity contribution in [1.82, 2.24) is 19.6 Å². The quantitative estimate of drug-likeness (QED) is 0.242. The maximum absolute atomic E-state index is 11.6. The van der Waals surface area contributed by atoms with E-state index in [4.69, 9.17) is 0 Å². The van der Waals surface area contributed by atoms with Crippen LogP contribution in [0.2, 0.25) is 0 Å². The number of benzene rings is 1. The van der Waals surface area contributed by atoms with Crippen LogP contribution in [-0.2, 0) is 25.6 Å². The largest absolute Gasteiger partial charge is 0.480 e. The lowest BCUT2D eigenvalue weighted by Crippen LogP contribution is -2.50. The molecule has 12 nitrogen and oxygen atoms in total.